The molecule has 0 radical (unpaired) electrons. The first-order valence-electron chi connectivity index (χ1n) is 6.83. The van der Waals surface area contributed by atoms with Crippen molar-refractivity contribution < 1.29 is 13.6 Å². The molecular formula is C17H12F2N2OS. The maximum absolute atomic E-state index is 14.1. The lowest BCUT2D eigenvalue weighted by Crippen LogP contribution is -2.16. The van der Waals surface area contributed by atoms with Gasteiger partial charge in [0.2, 0.25) is 0 Å². The summed E-state index contributed by atoms with van der Waals surface area (Å²) in [5.41, 5.74) is 0.651. The van der Waals surface area contributed by atoms with Crippen LogP contribution in [0.4, 0.5) is 8.78 Å². The summed E-state index contributed by atoms with van der Waals surface area (Å²) in [4.78, 5) is 16.6. The fraction of sp³-hybridized carbons (Fsp3) is 0.0588. The lowest BCUT2D eigenvalue weighted by molar-refractivity contribution is 0.0998. The van der Waals surface area contributed by atoms with E-state index in [-0.39, 0.29) is 12.1 Å². The van der Waals surface area contributed by atoms with Crippen molar-refractivity contribution in [2.45, 2.75) is 6.54 Å². The molecule has 0 aliphatic heterocycles. The van der Waals surface area contributed by atoms with Crippen molar-refractivity contribution in [3.05, 3.63) is 77.1 Å². The minimum absolute atomic E-state index is 0.218. The maximum atomic E-state index is 14.1. The van der Waals surface area contributed by atoms with Gasteiger partial charge in [-0.15, -0.1) is 6.58 Å². The molecule has 3 nitrogen and oxygen atoms in total. The van der Waals surface area contributed by atoms with Crippen molar-refractivity contribution in [1.29, 1.82) is 0 Å². The zero-order chi connectivity index (χ0) is 16.4. The number of allylic oxidation sites excluding steroid dienone is 1. The molecule has 0 unspecified atom stereocenters. The highest BCUT2D eigenvalue weighted by molar-refractivity contribution is 7.16. The first-order chi connectivity index (χ1) is 11.1. The number of hydrogen-bond donors (Lipinski definition) is 0. The van der Waals surface area contributed by atoms with E-state index in [0.717, 1.165) is 17.4 Å². The Labute approximate surface area is 134 Å². The van der Waals surface area contributed by atoms with Gasteiger partial charge < -0.3 is 4.57 Å². The number of fused-ring (bicyclic) bond motifs is 1. The number of hydrogen-bond acceptors (Lipinski definition) is 2. The molecule has 0 fully saturated rings. The van der Waals surface area contributed by atoms with E-state index in [1.807, 2.05) is 0 Å². The summed E-state index contributed by atoms with van der Waals surface area (Å²) in [7, 11) is 0. The van der Waals surface area contributed by atoms with Crippen LogP contribution in [0.3, 0.4) is 0 Å². The van der Waals surface area contributed by atoms with Gasteiger partial charge in [-0.25, -0.2) is 8.78 Å². The van der Waals surface area contributed by atoms with Gasteiger partial charge in [-0.2, -0.15) is 4.99 Å². The van der Waals surface area contributed by atoms with Gasteiger partial charge in [-0.1, -0.05) is 35.6 Å². The minimum Gasteiger partial charge on any atom is -0.310 e. The summed E-state index contributed by atoms with van der Waals surface area (Å²) in [5, 5.41) is 0. The third-order valence-corrected chi connectivity index (χ3v) is 4.25. The molecule has 6 heteroatoms. The first-order valence-corrected chi connectivity index (χ1v) is 7.65. The third-order valence-electron chi connectivity index (χ3n) is 3.22. The summed E-state index contributed by atoms with van der Waals surface area (Å²) < 4.78 is 29.4. The molecule has 0 atom stereocenters. The highest BCUT2D eigenvalue weighted by Crippen LogP contribution is 2.22. The molecule has 0 saturated heterocycles. The number of halogens is 2. The van der Waals surface area contributed by atoms with Gasteiger partial charge in [-0.05, 0) is 18.2 Å². The van der Waals surface area contributed by atoms with Crippen LogP contribution in [0.5, 0.6) is 0 Å². The van der Waals surface area contributed by atoms with E-state index in [1.54, 1.807) is 36.4 Å². The topological polar surface area (TPSA) is 34.4 Å². The summed E-state index contributed by atoms with van der Waals surface area (Å²) >= 11 is 1.06. The van der Waals surface area contributed by atoms with Gasteiger partial charge in [0.15, 0.2) is 10.6 Å². The molecule has 1 heterocycles. The van der Waals surface area contributed by atoms with Gasteiger partial charge in [0, 0.05) is 18.2 Å². The van der Waals surface area contributed by atoms with E-state index in [4.69, 9.17) is 0 Å². The minimum atomic E-state index is -0.688. The highest BCUT2D eigenvalue weighted by Gasteiger charge is 2.13. The molecule has 0 N–H and O–H groups in total. The van der Waals surface area contributed by atoms with Gasteiger partial charge in [0.1, 0.15) is 5.82 Å². The van der Waals surface area contributed by atoms with Crippen LogP contribution in [-0.4, -0.2) is 10.5 Å². The third kappa shape index (κ3) is 2.98. The molecule has 1 amide bonds. The second kappa shape index (κ2) is 6.26. The molecule has 23 heavy (non-hydrogen) atoms. The normalized spacial score (nSPS) is 11.8. The Bertz CT molecular complexity index is 958. The predicted molar refractivity (Wildman–Crippen MR) is 86.3 cm³/mol. The van der Waals surface area contributed by atoms with Crippen LogP contribution in [0.2, 0.25) is 0 Å². The van der Waals surface area contributed by atoms with E-state index in [0.29, 0.717) is 15.1 Å². The predicted octanol–water partition coefficient (Wildman–Crippen LogP) is 3.91. The van der Waals surface area contributed by atoms with Crippen LogP contribution >= 0.6 is 11.3 Å². The van der Waals surface area contributed by atoms with E-state index in [9.17, 15) is 13.6 Å². The molecule has 0 aliphatic carbocycles. The Hall–Kier alpha value is -2.60. The Morgan fingerprint density at radius 2 is 2.00 bits per heavy atom. The number of nitrogens with zero attached hydrogens (tertiary/aromatic N) is 2. The van der Waals surface area contributed by atoms with Crippen LogP contribution in [-0.2, 0) is 6.54 Å². The lowest BCUT2D eigenvalue weighted by Gasteiger charge is -2.02. The maximum Gasteiger partial charge on any atom is 0.279 e. The van der Waals surface area contributed by atoms with Crippen molar-refractivity contribution in [2.75, 3.05) is 0 Å². The van der Waals surface area contributed by atoms with Gasteiger partial charge in [0.25, 0.3) is 5.91 Å². The molecular weight excluding hydrogens is 318 g/mol. The second-order valence-corrected chi connectivity index (χ2v) is 5.81. The van der Waals surface area contributed by atoms with Crippen molar-refractivity contribution in [2.24, 2.45) is 4.99 Å². The molecule has 3 rings (SSSR count). The summed E-state index contributed by atoms with van der Waals surface area (Å²) in [5.74, 6) is -1.79. The second-order valence-electron chi connectivity index (χ2n) is 4.80. The first kappa shape index (κ1) is 15.3. The van der Waals surface area contributed by atoms with Crippen molar-refractivity contribution in [3.63, 3.8) is 0 Å². The zero-order valence-electron chi connectivity index (χ0n) is 12.0. The van der Waals surface area contributed by atoms with Crippen molar-refractivity contribution >= 4 is 27.5 Å². The number of carbonyl (C=O) groups is 1. The number of aromatic nitrogens is 1. The summed E-state index contributed by atoms with van der Waals surface area (Å²) in [6.45, 7) is 3.90. The largest absolute Gasteiger partial charge is 0.310 e. The average Bonchev–Trinajstić information content (AvgIpc) is 2.86. The monoisotopic (exact) mass is 330 g/mol. The van der Waals surface area contributed by atoms with Crippen molar-refractivity contribution in [3.8, 4) is 0 Å². The van der Waals surface area contributed by atoms with Crippen LogP contribution in [0.25, 0.3) is 10.2 Å². The van der Waals surface area contributed by atoms with Crippen LogP contribution in [0.1, 0.15) is 10.4 Å². The zero-order valence-corrected chi connectivity index (χ0v) is 12.8. The molecule has 0 bridgehead atoms. The molecule has 0 aliphatic rings. The Kier molecular flexibility index (Phi) is 4.16. The molecule has 0 saturated carbocycles. The van der Waals surface area contributed by atoms with Crippen LogP contribution in [0, 0.1) is 11.6 Å². The molecule has 0 spiro atoms. The Morgan fingerprint density at radius 3 is 2.70 bits per heavy atom. The number of rotatable bonds is 3. The highest BCUT2D eigenvalue weighted by atomic mass is 32.1. The molecule has 3 aromatic rings. The van der Waals surface area contributed by atoms with Gasteiger partial charge in [0.05, 0.1) is 10.2 Å². The quantitative estimate of drug-likeness (QED) is 0.671. The average molecular weight is 330 g/mol. The smallest absolute Gasteiger partial charge is 0.279 e. The standard InChI is InChI=1S/C17H12F2N2OS/c1-2-8-21-15-13(19)9-12(18)10-14(15)23-17(21)20-16(22)11-6-4-3-5-7-11/h2-7,9-10H,1,8H2. The van der Waals surface area contributed by atoms with E-state index in [1.165, 1.54) is 10.6 Å². The van der Waals surface area contributed by atoms with Gasteiger partial charge >= 0.3 is 0 Å². The number of benzene rings is 2. The van der Waals surface area contributed by atoms with E-state index >= 15 is 0 Å². The summed E-state index contributed by atoms with van der Waals surface area (Å²) in [6, 6.07) is 10.6. The summed E-state index contributed by atoms with van der Waals surface area (Å²) in [6.07, 6.45) is 1.57. The molecule has 1 aromatic heterocycles. The SMILES string of the molecule is C=CCn1c(=NC(=O)c2ccccc2)sc2cc(F)cc(F)c21. The van der Waals surface area contributed by atoms with Crippen LogP contribution in [0.15, 0.2) is 60.1 Å². The molecule has 2 aromatic carbocycles. The van der Waals surface area contributed by atoms with Crippen LogP contribution < -0.4 is 4.80 Å². The fourth-order valence-electron chi connectivity index (χ4n) is 2.25. The Morgan fingerprint density at radius 1 is 1.26 bits per heavy atom. The number of carbonyl (C=O) groups excluding carboxylic acids is 1. The van der Waals surface area contributed by atoms with Gasteiger partial charge in [-0.3, -0.25) is 4.79 Å². The van der Waals surface area contributed by atoms with E-state index in [2.05, 4.69) is 11.6 Å². The van der Waals surface area contributed by atoms with E-state index < -0.39 is 17.5 Å². The Balaban J connectivity index is 2.22. The molecule has 116 valence electrons. The number of amides is 1. The number of thiazole rings is 1. The fourth-order valence-corrected chi connectivity index (χ4v) is 3.32. The van der Waals surface area contributed by atoms with Crippen molar-refractivity contribution in [1.82, 2.24) is 4.57 Å². The lowest BCUT2D eigenvalue weighted by atomic mass is 10.2.